The molecule has 1 saturated heterocycles. The first-order valence-corrected chi connectivity index (χ1v) is 7.01. The third-order valence-corrected chi connectivity index (χ3v) is 3.73. The predicted octanol–water partition coefficient (Wildman–Crippen LogP) is 3.35. The number of rotatable bonds is 3. The lowest BCUT2D eigenvalue weighted by Gasteiger charge is -2.27. The minimum absolute atomic E-state index is 0.0752. The van der Waals surface area contributed by atoms with Gasteiger partial charge in [-0.15, -0.1) is 0 Å². The maximum absolute atomic E-state index is 12.2. The Balaban J connectivity index is 2.03. The number of benzene rings is 1. The fourth-order valence-corrected chi connectivity index (χ4v) is 2.61. The smallest absolute Gasteiger partial charge is 0.224 e. The largest absolute Gasteiger partial charge is 0.343 e. The molecule has 100 valence electrons. The third kappa shape index (κ3) is 3.71. The van der Waals surface area contributed by atoms with E-state index in [4.69, 9.17) is 11.6 Å². The summed E-state index contributed by atoms with van der Waals surface area (Å²) in [6.07, 6.45) is 3.58. The van der Waals surface area contributed by atoms with Crippen LogP contribution in [0.3, 0.4) is 0 Å². The normalized spacial score (nSPS) is 16.7. The summed E-state index contributed by atoms with van der Waals surface area (Å²) in [5, 5.41) is 9.85. The molecule has 0 spiro atoms. The van der Waals surface area contributed by atoms with Crippen molar-refractivity contribution in [3.63, 3.8) is 0 Å². The lowest BCUT2D eigenvalue weighted by Crippen LogP contribution is -2.36. The van der Waals surface area contributed by atoms with Gasteiger partial charge in [0.1, 0.15) is 0 Å². The van der Waals surface area contributed by atoms with Crippen molar-refractivity contribution < 1.29 is 4.79 Å². The topological polar surface area (TPSA) is 44.1 Å². The number of carbonyl (C=O) groups is 1. The average molecular weight is 277 g/mol. The second kappa shape index (κ2) is 6.58. The predicted molar refractivity (Wildman–Crippen MR) is 74.9 cm³/mol. The van der Waals surface area contributed by atoms with E-state index in [-0.39, 0.29) is 12.3 Å². The number of piperidine rings is 1. The summed E-state index contributed by atoms with van der Waals surface area (Å²) in [7, 11) is 0. The molecule has 3 nitrogen and oxygen atoms in total. The van der Waals surface area contributed by atoms with Crippen LogP contribution in [0.1, 0.15) is 37.2 Å². The number of hydrogen-bond donors (Lipinski definition) is 0. The molecule has 1 amide bonds. The molecule has 0 N–H and O–H groups in total. The molecule has 4 heteroatoms. The number of halogens is 1. The minimum Gasteiger partial charge on any atom is -0.343 e. The highest BCUT2D eigenvalue weighted by Gasteiger charge is 2.21. The molecule has 0 saturated carbocycles. The van der Waals surface area contributed by atoms with E-state index in [1.165, 1.54) is 6.42 Å². The molecule has 1 heterocycles. The number of hydrogen-bond acceptors (Lipinski definition) is 2. The molecule has 1 aliphatic heterocycles. The van der Waals surface area contributed by atoms with Gasteiger partial charge in [0.05, 0.1) is 12.0 Å². The zero-order chi connectivity index (χ0) is 13.7. The van der Waals surface area contributed by atoms with Gasteiger partial charge in [0.15, 0.2) is 0 Å². The van der Waals surface area contributed by atoms with E-state index in [2.05, 4.69) is 6.07 Å². The first kappa shape index (κ1) is 13.9. The first-order chi connectivity index (χ1) is 9.20. The molecule has 1 aromatic rings. The third-order valence-electron chi connectivity index (χ3n) is 3.49. The van der Waals surface area contributed by atoms with E-state index < -0.39 is 5.92 Å². The summed E-state index contributed by atoms with van der Waals surface area (Å²) in [6, 6.07) is 9.41. The van der Waals surface area contributed by atoms with Crippen molar-refractivity contribution in [1.82, 2.24) is 4.90 Å². The highest BCUT2D eigenvalue weighted by molar-refractivity contribution is 6.30. The molecule has 0 radical (unpaired) electrons. The van der Waals surface area contributed by atoms with Crippen molar-refractivity contribution in [2.45, 2.75) is 31.6 Å². The monoisotopic (exact) mass is 276 g/mol. The van der Waals surface area contributed by atoms with E-state index in [0.717, 1.165) is 31.5 Å². The highest BCUT2D eigenvalue weighted by Crippen LogP contribution is 2.23. The molecule has 1 fully saturated rings. The van der Waals surface area contributed by atoms with Gasteiger partial charge in [0, 0.05) is 24.5 Å². The van der Waals surface area contributed by atoms with Gasteiger partial charge in [0.25, 0.3) is 0 Å². The van der Waals surface area contributed by atoms with Gasteiger partial charge in [-0.2, -0.15) is 5.26 Å². The molecule has 0 aromatic heterocycles. The maximum Gasteiger partial charge on any atom is 0.224 e. The highest BCUT2D eigenvalue weighted by atomic mass is 35.5. The van der Waals surface area contributed by atoms with Gasteiger partial charge in [-0.3, -0.25) is 4.79 Å². The second-order valence-electron chi connectivity index (χ2n) is 4.88. The van der Waals surface area contributed by atoms with Crippen LogP contribution in [0.2, 0.25) is 5.02 Å². The summed E-state index contributed by atoms with van der Waals surface area (Å²) < 4.78 is 0. The van der Waals surface area contributed by atoms with Gasteiger partial charge in [-0.05, 0) is 37.0 Å². The van der Waals surface area contributed by atoms with Gasteiger partial charge in [-0.1, -0.05) is 23.7 Å². The average Bonchev–Trinajstić information content (AvgIpc) is 2.45. The van der Waals surface area contributed by atoms with Crippen LogP contribution in [0.4, 0.5) is 0 Å². The zero-order valence-corrected chi connectivity index (χ0v) is 11.6. The molecular formula is C15H17ClN2O. The molecule has 1 unspecified atom stereocenters. The molecular weight excluding hydrogens is 260 g/mol. The SMILES string of the molecule is N#CC(CC(=O)N1CCCCC1)c1cccc(Cl)c1. The molecule has 0 bridgehead atoms. The molecule has 19 heavy (non-hydrogen) atoms. The quantitative estimate of drug-likeness (QED) is 0.850. The lowest BCUT2D eigenvalue weighted by molar-refractivity contribution is -0.132. The van der Waals surface area contributed by atoms with Crippen molar-refractivity contribution in [2.24, 2.45) is 0 Å². The van der Waals surface area contributed by atoms with Crippen LogP contribution in [0, 0.1) is 11.3 Å². The van der Waals surface area contributed by atoms with Crippen LogP contribution in [0.15, 0.2) is 24.3 Å². The maximum atomic E-state index is 12.2. The molecule has 0 aliphatic carbocycles. The first-order valence-electron chi connectivity index (χ1n) is 6.63. The van der Waals surface area contributed by atoms with Crippen molar-refractivity contribution >= 4 is 17.5 Å². The molecule has 1 atom stereocenters. The standard InChI is InChI=1S/C15H17ClN2O/c16-14-6-4-5-12(9-14)13(11-17)10-15(19)18-7-2-1-3-8-18/h4-6,9,13H,1-3,7-8,10H2. The van der Waals surface area contributed by atoms with Crippen LogP contribution in [0.5, 0.6) is 0 Å². The molecule has 1 aliphatic rings. The Morgan fingerprint density at radius 3 is 2.74 bits per heavy atom. The second-order valence-corrected chi connectivity index (χ2v) is 5.32. The Hall–Kier alpha value is -1.53. The molecule has 1 aromatic carbocycles. The fourth-order valence-electron chi connectivity index (χ4n) is 2.41. The number of carbonyl (C=O) groups excluding carboxylic acids is 1. The molecule has 2 rings (SSSR count). The number of amides is 1. The van der Waals surface area contributed by atoms with E-state index in [9.17, 15) is 10.1 Å². The summed E-state index contributed by atoms with van der Waals surface area (Å²) in [4.78, 5) is 14.0. The van der Waals surface area contributed by atoms with Gasteiger partial charge >= 0.3 is 0 Å². The van der Waals surface area contributed by atoms with E-state index in [0.29, 0.717) is 5.02 Å². The Bertz CT molecular complexity index is 489. The van der Waals surface area contributed by atoms with Crippen molar-refractivity contribution in [3.8, 4) is 6.07 Å². The summed E-state index contributed by atoms with van der Waals surface area (Å²) in [5.41, 5.74) is 0.820. The van der Waals surface area contributed by atoms with Crippen LogP contribution in [0.25, 0.3) is 0 Å². The Morgan fingerprint density at radius 2 is 2.11 bits per heavy atom. The van der Waals surface area contributed by atoms with Gasteiger partial charge in [0.2, 0.25) is 5.91 Å². The summed E-state index contributed by atoms with van der Waals surface area (Å²) in [6.45, 7) is 1.65. The van der Waals surface area contributed by atoms with Crippen LogP contribution in [-0.2, 0) is 4.79 Å². The van der Waals surface area contributed by atoms with Gasteiger partial charge in [-0.25, -0.2) is 0 Å². The van der Waals surface area contributed by atoms with Gasteiger partial charge < -0.3 is 4.90 Å². The van der Waals surface area contributed by atoms with Crippen molar-refractivity contribution in [3.05, 3.63) is 34.9 Å². The summed E-state index contributed by atoms with van der Waals surface area (Å²) >= 11 is 5.93. The minimum atomic E-state index is -0.409. The van der Waals surface area contributed by atoms with Crippen molar-refractivity contribution in [1.29, 1.82) is 5.26 Å². The number of likely N-dealkylation sites (tertiary alicyclic amines) is 1. The lowest BCUT2D eigenvalue weighted by atomic mass is 9.96. The Labute approximate surface area is 118 Å². The van der Waals surface area contributed by atoms with E-state index in [1.807, 2.05) is 17.0 Å². The Morgan fingerprint density at radius 1 is 1.37 bits per heavy atom. The Kier molecular flexibility index (Phi) is 4.81. The number of nitrogens with zero attached hydrogens (tertiary/aromatic N) is 2. The van der Waals surface area contributed by atoms with Crippen LogP contribution >= 0.6 is 11.6 Å². The van der Waals surface area contributed by atoms with Crippen molar-refractivity contribution in [2.75, 3.05) is 13.1 Å². The van der Waals surface area contributed by atoms with E-state index >= 15 is 0 Å². The summed E-state index contributed by atoms with van der Waals surface area (Å²) in [5.74, 6) is -0.334. The fraction of sp³-hybridized carbons (Fsp3) is 0.467. The van der Waals surface area contributed by atoms with E-state index in [1.54, 1.807) is 12.1 Å². The van der Waals surface area contributed by atoms with Crippen LogP contribution in [-0.4, -0.2) is 23.9 Å². The zero-order valence-electron chi connectivity index (χ0n) is 10.8. The van der Waals surface area contributed by atoms with Crippen LogP contribution < -0.4 is 0 Å². The number of nitriles is 1.